The lowest BCUT2D eigenvalue weighted by Crippen LogP contribution is -2.14. The lowest BCUT2D eigenvalue weighted by Gasteiger charge is -2.08. The number of aromatic nitrogens is 3. The molecule has 1 amide bonds. The second kappa shape index (κ2) is 9.52. The first kappa shape index (κ1) is 20.8. The van der Waals surface area contributed by atoms with Crippen molar-refractivity contribution in [2.24, 2.45) is 7.05 Å². The van der Waals surface area contributed by atoms with Gasteiger partial charge < -0.3 is 14.6 Å². The molecule has 2 aromatic carbocycles. The molecule has 0 atom stereocenters. The minimum absolute atomic E-state index is 0.164. The van der Waals surface area contributed by atoms with Gasteiger partial charge in [0.2, 0.25) is 5.91 Å². The minimum Gasteiger partial charge on any atom is -0.484 e. The number of thioether (sulfide) groups is 1. The summed E-state index contributed by atoms with van der Waals surface area (Å²) in [6.45, 7) is 0.212. The molecule has 0 unspecified atom stereocenters. The van der Waals surface area contributed by atoms with E-state index in [1.165, 1.54) is 11.8 Å². The van der Waals surface area contributed by atoms with Crippen LogP contribution in [0.1, 0.15) is 5.82 Å². The second-order valence-electron chi connectivity index (χ2n) is 5.64. The molecule has 0 bridgehead atoms. The number of amides is 1. The van der Waals surface area contributed by atoms with Crippen LogP contribution in [0.3, 0.4) is 0 Å². The Hall–Kier alpha value is -1.93. The van der Waals surface area contributed by atoms with E-state index in [0.717, 1.165) is 0 Å². The van der Waals surface area contributed by atoms with Gasteiger partial charge in [-0.1, -0.05) is 58.7 Å². The number of nitrogens with zero attached hydrogens (tertiary/aromatic N) is 3. The number of hydrogen-bond acceptors (Lipinski definition) is 5. The van der Waals surface area contributed by atoms with Crippen molar-refractivity contribution in [3.63, 3.8) is 0 Å². The fourth-order valence-electron chi connectivity index (χ4n) is 2.20. The Morgan fingerprint density at radius 3 is 2.64 bits per heavy atom. The Bertz CT molecular complexity index is 997. The number of carbonyl (C=O) groups is 1. The van der Waals surface area contributed by atoms with Crippen molar-refractivity contribution >= 4 is 58.2 Å². The number of para-hydroxylation sites is 1. The van der Waals surface area contributed by atoms with Crippen molar-refractivity contribution in [2.75, 3.05) is 11.1 Å². The van der Waals surface area contributed by atoms with Crippen molar-refractivity contribution in [1.29, 1.82) is 0 Å². The van der Waals surface area contributed by atoms with Gasteiger partial charge in [0.1, 0.15) is 12.4 Å². The zero-order valence-electron chi connectivity index (χ0n) is 14.7. The molecule has 6 nitrogen and oxygen atoms in total. The van der Waals surface area contributed by atoms with Gasteiger partial charge in [-0.15, -0.1) is 10.2 Å². The minimum atomic E-state index is -0.194. The molecular weight excluding hydrogens is 443 g/mol. The lowest BCUT2D eigenvalue weighted by atomic mass is 10.3. The quantitative estimate of drug-likeness (QED) is 0.501. The van der Waals surface area contributed by atoms with Crippen molar-refractivity contribution in [1.82, 2.24) is 14.8 Å². The third-order valence-corrected chi connectivity index (χ3v) is 5.73. The molecule has 0 fully saturated rings. The molecule has 0 saturated carbocycles. The molecule has 10 heteroatoms. The Morgan fingerprint density at radius 1 is 1.11 bits per heavy atom. The zero-order valence-corrected chi connectivity index (χ0v) is 17.7. The van der Waals surface area contributed by atoms with Crippen LogP contribution in [-0.4, -0.2) is 26.4 Å². The third-order valence-electron chi connectivity index (χ3n) is 3.65. The van der Waals surface area contributed by atoms with E-state index in [2.05, 4.69) is 15.5 Å². The Kier molecular flexibility index (Phi) is 7.07. The molecule has 0 radical (unpaired) electrons. The number of hydrogen-bond donors (Lipinski definition) is 1. The van der Waals surface area contributed by atoms with Gasteiger partial charge in [0.25, 0.3) is 0 Å². The molecule has 1 aromatic heterocycles. The Morgan fingerprint density at radius 2 is 1.89 bits per heavy atom. The SMILES string of the molecule is Cn1c(COc2ccccc2Cl)nnc1SCC(=O)Nc1ccc(Cl)c(Cl)c1. The van der Waals surface area contributed by atoms with Gasteiger partial charge in [0.05, 0.1) is 20.8 Å². The topological polar surface area (TPSA) is 69.0 Å². The smallest absolute Gasteiger partial charge is 0.234 e. The maximum absolute atomic E-state index is 12.1. The summed E-state index contributed by atoms with van der Waals surface area (Å²) < 4.78 is 7.45. The highest BCUT2D eigenvalue weighted by atomic mass is 35.5. The fraction of sp³-hybridized carbons (Fsp3) is 0.167. The largest absolute Gasteiger partial charge is 0.484 e. The number of halogens is 3. The maximum Gasteiger partial charge on any atom is 0.234 e. The molecule has 3 aromatic rings. The maximum atomic E-state index is 12.1. The fourth-order valence-corrected chi connectivity index (χ4v) is 3.42. The van der Waals surface area contributed by atoms with Crippen molar-refractivity contribution in [2.45, 2.75) is 11.8 Å². The first-order valence-corrected chi connectivity index (χ1v) is 10.2. The van der Waals surface area contributed by atoms with Gasteiger partial charge in [0, 0.05) is 12.7 Å². The summed E-state index contributed by atoms with van der Waals surface area (Å²) in [5, 5.41) is 12.9. The average Bonchev–Trinajstić information content (AvgIpc) is 3.02. The lowest BCUT2D eigenvalue weighted by molar-refractivity contribution is -0.113. The van der Waals surface area contributed by atoms with E-state index in [4.69, 9.17) is 39.5 Å². The summed E-state index contributed by atoms with van der Waals surface area (Å²) in [4.78, 5) is 12.1. The molecule has 0 aliphatic heterocycles. The normalized spacial score (nSPS) is 10.7. The summed E-state index contributed by atoms with van der Waals surface area (Å²) >= 11 is 19.2. The van der Waals surface area contributed by atoms with E-state index in [9.17, 15) is 4.79 Å². The molecule has 146 valence electrons. The highest BCUT2D eigenvalue weighted by Gasteiger charge is 2.13. The predicted octanol–water partition coefficient (Wildman–Crippen LogP) is 5.09. The van der Waals surface area contributed by atoms with Gasteiger partial charge in [-0.05, 0) is 30.3 Å². The summed E-state index contributed by atoms with van der Waals surface area (Å²) in [6, 6.07) is 12.1. The van der Waals surface area contributed by atoms with Gasteiger partial charge in [-0.25, -0.2) is 0 Å². The van der Waals surface area contributed by atoms with Crippen LogP contribution in [0.5, 0.6) is 5.75 Å². The molecule has 1 N–H and O–H groups in total. The van der Waals surface area contributed by atoms with E-state index < -0.39 is 0 Å². The van der Waals surface area contributed by atoms with E-state index >= 15 is 0 Å². The van der Waals surface area contributed by atoms with Crippen molar-refractivity contribution < 1.29 is 9.53 Å². The number of carbonyl (C=O) groups excluding carboxylic acids is 1. The van der Waals surface area contributed by atoms with Gasteiger partial charge >= 0.3 is 0 Å². The van der Waals surface area contributed by atoms with Crippen molar-refractivity contribution in [3.05, 3.63) is 63.4 Å². The third kappa shape index (κ3) is 5.32. The zero-order chi connectivity index (χ0) is 20.1. The van der Waals surface area contributed by atoms with E-state index in [1.54, 1.807) is 34.9 Å². The van der Waals surface area contributed by atoms with Crippen LogP contribution in [0, 0.1) is 0 Å². The summed E-state index contributed by atoms with van der Waals surface area (Å²) in [5.41, 5.74) is 0.576. The summed E-state index contributed by atoms with van der Waals surface area (Å²) in [7, 11) is 1.81. The van der Waals surface area contributed by atoms with E-state index in [-0.39, 0.29) is 18.3 Å². The molecule has 0 spiro atoms. The van der Waals surface area contributed by atoms with Crippen LogP contribution >= 0.6 is 46.6 Å². The van der Waals surface area contributed by atoms with Crippen LogP contribution < -0.4 is 10.1 Å². The highest BCUT2D eigenvalue weighted by molar-refractivity contribution is 7.99. The standard InChI is InChI=1S/C18H15Cl3N4O2S/c1-25-16(9-27-15-5-3-2-4-13(15)20)23-24-18(25)28-10-17(26)22-11-6-7-12(19)14(21)8-11/h2-8H,9-10H2,1H3,(H,22,26). The van der Waals surface area contributed by atoms with Crippen LogP contribution in [0.4, 0.5) is 5.69 Å². The van der Waals surface area contributed by atoms with Gasteiger partial charge in [-0.3, -0.25) is 4.79 Å². The van der Waals surface area contributed by atoms with Gasteiger partial charge in [-0.2, -0.15) is 0 Å². The van der Waals surface area contributed by atoms with Crippen LogP contribution in [-0.2, 0) is 18.4 Å². The number of ether oxygens (including phenoxy) is 1. The molecule has 0 aliphatic rings. The number of rotatable bonds is 7. The second-order valence-corrected chi connectivity index (χ2v) is 7.81. The molecular formula is C18H15Cl3N4O2S. The van der Waals surface area contributed by atoms with Crippen LogP contribution in [0.15, 0.2) is 47.6 Å². The Balaban J connectivity index is 1.54. The first-order chi connectivity index (χ1) is 13.4. The molecule has 3 rings (SSSR count). The molecule has 0 saturated heterocycles. The number of nitrogens with one attached hydrogen (secondary N) is 1. The summed E-state index contributed by atoms with van der Waals surface area (Å²) in [5.74, 6) is 1.16. The molecule has 1 heterocycles. The van der Waals surface area contributed by atoms with E-state index in [1.807, 2.05) is 19.2 Å². The number of anilines is 1. The number of benzene rings is 2. The van der Waals surface area contributed by atoms with Crippen molar-refractivity contribution in [3.8, 4) is 5.75 Å². The highest BCUT2D eigenvalue weighted by Crippen LogP contribution is 2.26. The first-order valence-electron chi connectivity index (χ1n) is 8.07. The molecule has 28 heavy (non-hydrogen) atoms. The summed E-state index contributed by atoms with van der Waals surface area (Å²) in [6.07, 6.45) is 0. The Labute approximate surface area is 181 Å². The van der Waals surface area contributed by atoms with Crippen LogP contribution in [0.25, 0.3) is 0 Å². The van der Waals surface area contributed by atoms with Crippen LogP contribution in [0.2, 0.25) is 15.1 Å². The van der Waals surface area contributed by atoms with Gasteiger partial charge in [0.15, 0.2) is 11.0 Å². The molecule has 0 aliphatic carbocycles. The van der Waals surface area contributed by atoms with E-state index in [0.29, 0.717) is 37.5 Å². The average molecular weight is 458 g/mol. The monoisotopic (exact) mass is 456 g/mol. The predicted molar refractivity (Wildman–Crippen MR) is 113 cm³/mol.